The molecule has 0 fully saturated rings. The van der Waals surface area contributed by atoms with Crippen molar-refractivity contribution in [3.05, 3.63) is 95.9 Å². The van der Waals surface area contributed by atoms with E-state index in [4.69, 9.17) is 9.72 Å². The number of carbonyl (C=O) groups excluding carboxylic acids is 1. The van der Waals surface area contributed by atoms with Crippen LogP contribution < -0.4 is 10.1 Å². The van der Waals surface area contributed by atoms with Crippen LogP contribution in [-0.4, -0.2) is 10.9 Å². The topological polar surface area (TPSA) is 51.2 Å². The first-order valence-corrected chi connectivity index (χ1v) is 11.0. The van der Waals surface area contributed by atoms with E-state index in [1.807, 2.05) is 60.0 Å². The average Bonchev–Trinajstić information content (AvgIpc) is 3.41. The lowest BCUT2D eigenvalue weighted by Crippen LogP contribution is -2.11. The minimum absolute atomic E-state index is 0.161. The monoisotopic (exact) mass is 428 g/mol. The van der Waals surface area contributed by atoms with E-state index in [1.165, 1.54) is 11.3 Å². The Balaban J connectivity index is 1.33. The maximum atomic E-state index is 12.8. The molecular weight excluding hydrogens is 412 g/mol. The molecule has 0 aliphatic heterocycles. The number of nitrogens with one attached hydrogen (secondary N) is 1. The maximum Gasteiger partial charge on any atom is 0.256 e. The van der Waals surface area contributed by atoms with Crippen molar-refractivity contribution in [3.8, 4) is 22.1 Å². The average molecular weight is 429 g/mol. The SMILES string of the molecule is O=C(Nc1sccc1-c1nc2ccccc2s1)c1ccc(Oc2ccccc2)cc1. The van der Waals surface area contributed by atoms with Gasteiger partial charge in [0.1, 0.15) is 21.5 Å². The van der Waals surface area contributed by atoms with Gasteiger partial charge in [-0.05, 0) is 60.0 Å². The number of carbonyl (C=O) groups is 1. The van der Waals surface area contributed by atoms with Crippen LogP contribution in [0.2, 0.25) is 0 Å². The number of benzene rings is 3. The smallest absolute Gasteiger partial charge is 0.256 e. The predicted octanol–water partition coefficient (Wildman–Crippen LogP) is 7.07. The van der Waals surface area contributed by atoms with Crippen molar-refractivity contribution in [2.75, 3.05) is 5.32 Å². The summed E-state index contributed by atoms with van der Waals surface area (Å²) < 4.78 is 6.92. The molecule has 2 aromatic heterocycles. The Labute approximate surface area is 181 Å². The summed E-state index contributed by atoms with van der Waals surface area (Å²) in [6.45, 7) is 0. The summed E-state index contributed by atoms with van der Waals surface area (Å²) in [7, 11) is 0. The number of thiazole rings is 1. The lowest BCUT2D eigenvalue weighted by atomic mass is 10.2. The fourth-order valence-electron chi connectivity index (χ4n) is 3.04. The van der Waals surface area contributed by atoms with Gasteiger partial charge in [0.15, 0.2) is 0 Å². The molecule has 0 saturated carbocycles. The molecule has 6 heteroatoms. The lowest BCUT2D eigenvalue weighted by Gasteiger charge is -2.07. The zero-order valence-corrected chi connectivity index (χ0v) is 17.4. The molecule has 0 aliphatic carbocycles. The first-order chi connectivity index (χ1) is 14.8. The normalized spacial score (nSPS) is 10.8. The summed E-state index contributed by atoms with van der Waals surface area (Å²) in [6.07, 6.45) is 0. The van der Waals surface area contributed by atoms with E-state index in [1.54, 1.807) is 35.6 Å². The summed E-state index contributed by atoms with van der Waals surface area (Å²) in [5, 5.41) is 6.69. The van der Waals surface area contributed by atoms with Crippen LogP contribution in [0.15, 0.2) is 90.3 Å². The Morgan fingerprint density at radius 1 is 0.833 bits per heavy atom. The van der Waals surface area contributed by atoms with Gasteiger partial charge in [0.25, 0.3) is 5.91 Å². The fourth-order valence-corrected chi connectivity index (χ4v) is 4.88. The van der Waals surface area contributed by atoms with E-state index in [9.17, 15) is 4.79 Å². The molecule has 5 rings (SSSR count). The molecule has 30 heavy (non-hydrogen) atoms. The molecule has 0 radical (unpaired) electrons. The number of thiophene rings is 1. The Morgan fingerprint density at radius 3 is 2.37 bits per heavy atom. The molecule has 146 valence electrons. The number of amides is 1. The number of fused-ring (bicyclic) bond motifs is 1. The van der Waals surface area contributed by atoms with Crippen molar-refractivity contribution < 1.29 is 9.53 Å². The highest BCUT2D eigenvalue weighted by Crippen LogP contribution is 2.38. The van der Waals surface area contributed by atoms with Gasteiger partial charge in [-0.2, -0.15) is 0 Å². The fraction of sp³-hybridized carbons (Fsp3) is 0. The van der Waals surface area contributed by atoms with Crippen LogP contribution in [0, 0.1) is 0 Å². The van der Waals surface area contributed by atoms with Crippen molar-refractivity contribution >= 4 is 43.8 Å². The summed E-state index contributed by atoms with van der Waals surface area (Å²) in [5.74, 6) is 1.28. The Morgan fingerprint density at radius 2 is 1.57 bits per heavy atom. The van der Waals surface area contributed by atoms with Gasteiger partial charge in [-0.15, -0.1) is 22.7 Å². The Bertz CT molecular complexity index is 1280. The van der Waals surface area contributed by atoms with Crippen LogP contribution in [-0.2, 0) is 0 Å². The summed E-state index contributed by atoms with van der Waals surface area (Å²) in [4.78, 5) is 17.5. The molecule has 0 aliphatic rings. The molecule has 0 spiro atoms. The van der Waals surface area contributed by atoms with Gasteiger partial charge in [-0.25, -0.2) is 4.98 Å². The Kier molecular flexibility index (Phi) is 5.01. The number of rotatable bonds is 5. The number of nitrogens with zero attached hydrogens (tertiary/aromatic N) is 1. The van der Waals surface area contributed by atoms with Crippen molar-refractivity contribution in [2.24, 2.45) is 0 Å². The molecule has 2 heterocycles. The van der Waals surface area contributed by atoms with E-state index in [-0.39, 0.29) is 5.91 Å². The van der Waals surface area contributed by atoms with Gasteiger partial charge in [-0.1, -0.05) is 30.3 Å². The molecule has 4 nitrogen and oxygen atoms in total. The van der Waals surface area contributed by atoms with E-state index < -0.39 is 0 Å². The minimum atomic E-state index is -0.161. The zero-order chi connectivity index (χ0) is 20.3. The van der Waals surface area contributed by atoms with Crippen LogP contribution >= 0.6 is 22.7 Å². The van der Waals surface area contributed by atoms with Gasteiger partial charge in [0.05, 0.1) is 10.2 Å². The highest BCUT2D eigenvalue weighted by atomic mass is 32.1. The third kappa shape index (κ3) is 3.83. The van der Waals surface area contributed by atoms with Crippen molar-refractivity contribution in [1.82, 2.24) is 4.98 Å². The lowest BCUT2D eigenvalue weighted by molar-refractivity contribution is 0.102. The molecule has 0 atom stereocenters. The summed E-state index contributed by atoms with van der Waals surface area (Å²) in [5.41, 5.74) is 2.48. The van der Waals surface area contributed by atoms with Crippen LogP contribution in [0.3, 0.4) is 0 Å². The molecule has 3 aromatic carbocycles. The largest absolute Gasteiger partial charge is 0.457 e. The van der Waals surface area contributed by atoms with Crippen LogP contribution in [0.4, 0.5) is 5.00 Å². The first-order valence-electron chi connectivity index (χ1n) is 9.34. The standard InChI is InChI=1S/C24H16N2O2S2/c27-22(16-10-12-18(13-11-16)28-17-6-2-1-3-7-17)26-23-19(14-15-29-23)24-25-20-8-4-5-9-21(20)30-24/h1-15H,(H,26,27). The second kappa shape index (κ2) is 8.10. The first kappa shape index (κ1) is 18.5. The van der Waals surface area contributed by atoms with Gasteiger partial charge in [0.2, 0.25) is 0 Å². The highest BCUT2D eigenvalue weighted by Gasteiger charge is 2.15. The minimum Gasteiger partial charge on any atom is -0.457 e. The molecule has 1 amide bonds. The number of para-hydroxylation sites is 2. The quantitative estimate of drug-likeness (QED) is 0.326. The maximum absolute atomic E-state index is 12.8. The summed E-state index contributed by atoms with van der Waals surface area (Å²) in [6, 6.07) is 26.7. The summed E-state index contributed by atoms with van der Waals surface area (Å²) >= 11 is 3.11. The van der Waals surface area contributed by atoms with Crippen LogP contribution in [0.5, 0.6) is 11.5 Å². The zero-order valence-electron chi connectivity index (χ0n) is 15.7. The molecule has 0 unspecified atom stereocenters. The molecule has 0 bridgehead atoms. The third-order valence-corrected chi connectivity index (χ3v) is 6.41. The van der Waals surface area contributed by atoms with E-state index >= 15 is 0 Å². The molecular formula is C24H16N2O2S2. The molecule has 0 saturated heterocycles. The highest BCUT2D eigenvalue weighted by molar-refractivity contribution is 7.22. The van der Waals surface area contributed by atoms with Gasteiger partial charge >= 0.3 is 0 Å². The Hall–Kier alpha value is -3.48. The van der Waals surface area contributed by atoms with Crippen molar-refractivity contribution in [1.29, 1.82) is 0 Å². The van der Waals surface area contributed by atoms with Crippen LogP contribution in [0.25, 0.3) is 20.8 Å². The second-order valence-corrected chi connectivity index (χ2v) is 8.49. The second-order valence-electron chi connectivity index (χ2n) is 6.54. The molecule has 1 N–H and O–H groups in total. The van der Waals surface area contributed by atoms with Crippen molar-refractivity contribution in [3.63, 3.8) is 0 Å². The van der Waals surface area contributed by atoms with Gasteiger partial charge in [-0.3, -0.25) is 4.79 Å². The van der Waals surface area contributed by atoms with E-state index in [0.29, 0.717) is 11.3 Å². The number of hydrogen-bond donors (Lipinski definition) is 1. The number of ether oxygens (including phenoxy) is 1. The predicted molar refractivity (Wildman–Crippen MR) is 124 cm³/mol. The van der Waals surface area contributed by atoms with E-state index in [0.717, 1.165) is 31.5 Å². The number of anilines is 1. The van der Waals surface area contributed by atoms with Crippen molar-refractivity contribution in [2.45, 2.75) is 0 Å². The van der Waals surface area contributed by atoms with Crippen LogP contribution in [0.1, 0.15) is 10.4 Å². The van der Waals surface area contributed by atoms with Gasteiger partial charge < -0.3 is 10.1 Å². The third-order valence-electron chi connectivity index (χ3n) is 4.51. The molecule has 5 aromatic rings. The number of aromatic nitrogens is 1. The number of hydrogen-bond acceptors (Lipinski definition) is 5. The van der Waals surface area contributed by atoms with Gasteiger partial charge in [0, 0.05) is 11.1 Å². The van der Waals surface area contributed by atoms with E-state index in [2.05, 4.69) is 11.4 Å².